The molecule has 7 heteroatoms. The fraction of sp³-hybridized carbons (Fsp3) is 0. The van der Waals surface area contributed by atoms with E-state index in [1.807, 2.05) is 60.9 Å². The zero-order chi connectivity index (χ0) is 19.0. The predicted molar refractivity (Wildman–Crippen MR) is 109 cm³/mol. The Labute approximate surface area is 180 Å². The van der Waals surface area contributed by atoms with Crippen LogP contribution in [0.4, 0.5) is 0 Å². The summed E-state index contributed by atoms with van der Waals surface area (Å²) in [6.45, 7) is 0. The number of hydrogen-bond donors (Lipinski definition) is 0. The quantitative estimate of drug-likeness (QED) is 0.229. The molecule has 0 aliphatic rings. The van der Waals surface area contributed by atoms with Crippen LogP contribution in [-0.4, -0.2) is 9.97 Å². The number of para-hydroxylation sites is 2. The van der Waals surface area contributed by atoms with Crippen molar-refractivity contribution >= 4 is 47.1 Å². The molecule has 137 valence electrons. The molecule has 4 rings (SSSR count). The number of nitrogens with zero attached hydrogens (tertiary/aromatic N) is 4. The van der Waals surface area contributed by atoms with Gasteiger partial charge in [0.05, 0.1) is 11.0 Å². The van der Waals surface area contributed by atoms with Gasteiger partial charge in [-0.1, -0.05) is 59.3 Å². The standard InChI is InChI=1S/2C9H7N.2CHNS.Cu/c2*1-2-6-9-8(4-1)5-3-7-10-9;2*2-1-3;/h2*1-7H;2*3H;/q;;;;+2/p-2. The van der Waals surface area contributed by atoms with Crippen molar-refractivity contribution in [2.45, 2.75) is 0 Å². The number of aromatic nitrogens is 2. The summed E-state index contributed by atoms with van der Waals surface area (Å²) >= 11 is 7.40. The van der Waals surface area contributed by atoms with Crippen molar-refractivity contribution in [3.63, 3.8) is 0 Å². The van der Waals surface area contributed by atoms with Crippen molar-refractivity contribution in [3.05, 3.63) is 85.2 Å². The normalized spacial score (nSPS) is 7.93. The fourth-order valence-electron chi connectivity index (χ4n) is 2.03. The third kappa shape index (κ3) is 9.46. The molecule has 2 heterocycles. The Kier molecular flexibility index (Phi) is 13.9. The topological polar surface area (TPSA) is 73.4 Å². The van der Waals surface area contributed by atoms with Crippen molar-refractivity contribution in [3.8, 4) is 10.8 Å². The van der Waals surface area contributed by atoms with E-state index in [2.05, 4.69) is 59.5 Å². The van der Waals surface area contributed by atoms with Gasteiger partial charge in [-0.3, -0.25) is 9.97 Å². The molecule has 0 saturated carbocycles. The summed E-state index contributed by atoms with van der Waals surface area (Å²) in [7, 11) is 0. The number of benzene rings is 2. The molecule has 1 radical (unpaired) electrons. The average Bonchev–Trinajstić information content (AvgIpc) is 2.70. The van der Waals surface area contributed by atoms with E-state index < -0.39 is 0 Å². The largest absolute Gasteiger partial charge is 2.00 e. The average molecular weight is 438 g/mol. The van der Waals surface area contributed by atoms with Crippen LogP contribution >= 0.6 is 0 Å². The van der Waals surface area contributed by atoms with Crippen molar-refractivity contribution < 1.29 is 17.1 Å². The van der Waals surface area contributed by atoms with Crippen molar-refractivity contribution in [2.24, 2.45) is 0 Å². The molecule has 0 atom stereocenters. The maximum absolute atomic E-state index is 7.13. The molecule has 2 aromatic carbocycles. The molecule has 2 aromatic heterocycles. The Morgan fingerprint density at radius 3 is 1.22 bits per heavy atom. The van der Waals surface area contributed by atoms with E-state index in [0.717, 1.165) is 11.0 Å². The number of fused-ring (bicyclic) bond motifs is 2. The van der Waals surface area contributed by atoms with Crippen molar-refractivity contribution in [1.29, 1.82) is 10.5 Å². The smallest absolute Gasteiger partial charge is 0.696 e. The molecular weight excluding hydrogens is 424 g/mol. The zero-order valence-electron chi connectivity index (χ0n) is 14.0. The monoisotopic (exact) mass is 437 g/mol. The molecule has 0 aliphatic heterocycles. The van der Waals surface area contributed by atoms with Crippen LogP contribution in [0.5, 0.6) is 0 Å². The van der Waals surface area contributed by atoms with Gasteiger partial charge < -0.3 is 25.3 Å². The molecule has 4 nitrogen and oxygen atoms in total. The van der Waals surface area contributed by atoms with E-state index in [4.69, 9.17) is 10.5 Å². The van der Waals surface area contributed by atoms with Gasteiger partial charge in [-0.2, -0.15) is 0 Å². The molecule has 0 bridgehead atoms. The van der Waals surface area contributed by atoms with Gasteiger partial charge in [0, 0.05) is 23.2 Å². The van der Waals surface area contributed by atoms with Gasteiger partial charge in [0.15, 0.2) is 0 Å². The fourth-order valence-corrected chi connectivity index (χ4v) is 2.03. The SMILES string of the molecule is N#C[S-].N#C[S-].[Cu+2].c1ccc2ncccc2c1.c1ccc2ncccc2c1. The minimum atomic E-state index is 0. The third-order valence-corrected chi connectivity index (χ3v) is 3.02. The first-order chi connectivity index (χ1) is 12.8. The molecule has 27 heavy (non-hydrogen) atoms. The summed E-state index contributed by atoms with van der Waals surface area (Å²) in [5.41, 5.74) is 2.12. The molecule has 4 aromatic rings. The first-order valence-corrected chi connectivity index (χ1v) is 8.20. The molecule has 0 spiro atoms. The Morgan fingerprint density at radius 1 is 0.593 bits per heavy atom. The van der Waals surface area contributed by atoms with Gasteiger partial charge in [0.2, 0.25) is 0 Å². The molecular formula is C20H14CuN4S2. The minimum Gasteiger partial charge on any atom is -0.696 e. The molecule has 0 amide bonds. The molecule has 0 saturated heterocycles. The second-order valence-electron chi connectivity index (χ2n) is 4.57. The molecule has 0 N–H and O–H groups in total. The van der Waals surface area contributed by atoms with Crippen LogP contribution in [-0.2, 0) is 42.3 Å². The zero-order valence-corrected chi connectivity index (χ0v) is 16.6. The summed E-state index contributed by atoms with van der Waals surface area (Å²) in [4.78, 5) is 8.36. The number of pyridine rings is 2. The summed E-state index contributed by atoms with van der Waals surface area (Å²) in [5.74, 6) is 0. The second-order valence-corrected chi connectivity index (χ2v) is 4.94. The van der Waals surface area contributed by atoms with Crippen LogP contribution in [0.1, 0.15) is 0 Å². The van der Waals surface area contributed by atoms with E-state index in [1.54, 1.807) is 0 Å². The van der Waals surface area contributed by atoms with Gasteiger partial charge in [-0.05, 0) is 24.3 Å². The number of thiocyanates is 2. The van der Waals surface area contributed by atoms with Gasteiger partial charge in [-0.15, -0.1) is 0 Å². The Bertz CT molecular complexity index is 799. The predicted octanol–water partition coefficient (Wildman–Crippen LogP) is 4.50. The maximum atomic E-state index is 7.13. The first kappa shape index (κ1) is 24.2. The van der Waals surface area contributed by atoms with Crippen LogP contribution in [0.3, 0.4) is 0 Å². The number of rotatable bonds is 0. The van der Waals surface area contributed by atoms with Gasteiger partial charge in [0.25, 0.3) is 0 Å². The van der Waals surface area contributed by atoms with E-state index in [9.17, 15) is 0 Å². The first-order valence-electron chi connectivity index (χ1n) is 7.38. The Balaban J connectivity index is 0.000000380. The number of hydrogen-bond acceptors (Lipinski definition) is 6. The maximum Gasteiger partial charge on any atom is 2.00 e. The molecule has 0 aliphatic carbocycles. The van der Waals surface area contributed by atoms with Crippen molar-refractivity contribution in [1.82, 2.24) is 9.97 Å². The Morgan fingerprint density at radius 2 is 0.889 bits per heavy atom. The van der Waals surface area contributed by atoms with Crippen LogP contribution in [0.25, 0.3) is 21.8 Å². The van der Waals surface area contributed by atoms with Gasteiger partial charge in [0.1, 0.15) is 0 Å². The summed E-state index contributed by atoms with van der Waals surface area (Å²) in [5, 5.41) is 19.3. The number of nitriles is 2. The summed E-state index contributed by atoms with van der Waals surface area (Å²) in [6, 6.07) is 24.2. The summed E-state index contributed by atoms with van der Waals surface area (Å²) < 4.78 is 0. The van der Waals surface area contributed by atoms with E-state index in [0.29, 0.717) is 0 Å². The van der Waals surface area contributed by atoms with Gasteiger partial charge >= 0.3 is 17.1 Å². The van der Waals surface area contributed by atoms with Crippen LogP contribution < -0.4 is 0 Å². The van der Waals surface area contributed by atoms with E-state index in [1.165, 1.54) is 21.6 Å². The minimum absolute atomic E-state index is 0. The third-order valence-electron chi connectivity index (χ3n) is 3.02. The molecule has 0 unspecified atom stereocenters. The van der Waals surface area contributed by atoms with Crippen molar-refractivity contribution in [2.75, 3.05) is 0 Å². The van der Waals surface area contributed by atoms with Gasteiger partial charge in [-0.25, -0.2) is 10.5 Å². The van der Waals surface area contributed by atoms with E-state index in [-0.39, 0.29) is 17.1 Å². The van der Waals surface area contributed by atoms with E-state index >= 15 is 0 Å². The Hall–Kier alpha value is -2.80. The van der Waals surface area contributed by atoms with Crippen LogP contribution in [0.15, 0.2) is 85.2 Å². The molecule has 0 fully saturated rings. The van der Waals surface area contributed by atoms with Crippen LogP contribution in [0.2, 0.25) is 0 Å². The second kappa shape index (κ2) is 15.5. The van der Waals surface area contributed by atoms with Crippen LogP contribution in [0, 0.1) is 21.3 Å². The summed E-state index contributed by atoms with van der Waals surface area (Å²) in [6.07, 6.45) is 3.62.